The number of carbonyl (C=O) groups is 3. The van der Waals surface area contributed by atoms with Crippen molar-refractivity contribution < 1.29 is 23.9 Å². The summed E-state index contributed by atoms with van der Waals surface area (Å²) < 4.78 is 11.2. The van der Waals surface area contributed by atoms with Gasteiger partial charge in [0.2, 0.25) is 0 Å². The number of nitrogens with zero attached hydrogens (tertiary/aromatic N) is 2. The maximum atomic E-state index is 11.9. The number of anilines is 1. The van der Waals surface area contributed by atoms with Gasteiger partial charge in [0, 0.05) is 12.1 Å². The van der Waals surface area contributed by atoms with Crippen LogP contribution < -0.4 is 5.32 Å². The van der Waals surface area contributed by atoms with Crippen LogP contribution in [-0.4, -0.2) is 41.3 Å². The van der Waals surface area contributed by atoms with Gasteiger partial charge in [-0.25, -0.2) is 14.3 Å². The summed E-state index contributed by atoms with van der Waals surface area (Å²) in [6, 6.07) is 7.50. The molecular weight excluding hydrogens is 326 g/mol. The molecule has 0 bridgehead atoms. The molecule has 2 aromatic rings. The highest BCUT2D eigenvalue weighted by Crippen LogP contribution is 2.13. The van der Waals surface area contributed by atoms with Crippen molar-refractivity contribution in [3.8, 4) is 0 Å². The largest absolute Gasteiger partial charge is 0.465 e. The van der Waals surface area contributed by atoms with Crippen LogP contribution in [0.15, 0.2) is 36.5 Å². The van der Waals surface area contributed by atoms with Crippen molar-refractivity contribution in [1.82, 2.24) is 9.78 Å². The normalized spacial score (nSPS) is 10.4. The molecule has 0 spiro atoms. The Bertz CT molecular complexity index is 765. The van der Waals surface area contributed by atoms with Crippen molar-refractivity contribution in [2.45, 2.75) is 19.9 Å². The zero-order chi connectivity index (χ0) is 18.4. The first-order valence-corrected chi connectivity index (χ1v) is 7.61. The van der Waals surface area contributed by atoms with Gasteiger partial charge in [-0.2, -0.15) is 5.10 Å². The van der Waals surface area contributed by atoms with Gasteiger partial charge in [0.25, 0.3) is 5.91 Å². The van der Waals surface area contributed by atoms with Crippen LogP contribution in [0.4, 0.5) is 5.82 Å². The fourth-order valence-corrected chi connectivity index (χ4v) is 2.08. The van der Waals surface area contributed by atoms with Gasteiger partial charge in [0.15, 0.2) is 6.61 Å². The molecule has 0 aliphatic carbocycles. The smallest absolute Gasteiger partial charge is 0.338 e. The first kappa shape index (κ1) is 18.2. The molecule has 0 aliphatic rings. The number of hydrogen-bond acceptors (Lipinski definition) is 6. The number of benzene rings is 1. The molecule has 0 fully saturated rings. The average molecular weight is 345 g/mol. The SMILES string of the molecule is COC(=O)c1ccc(C(=O)OCC(=O)Nc2ccnn2C(C)C)cc1. The monoisotopic (exact) mass is 345 g/mol. The molecule has 0 atom stereocenters. The number of rotatable bonds is 6. The first-order valence-electron chi connectivity index (χ1n) is 7.61. The van der Waals surface area contributed by atoms with Gasteiger partial charge in [0.05, 0.1) is 24.4 Å². The molecule has 132 valence electrons. The third kappa shape index (κ3) is 4.66. The topological polar surface area (TPSA) is 99.5 Å². The van der Waals surface area contributed by atoms with E-state index in [1.54, 1.807) is 16.9 Å². The van der Waals surface area contributed by atoms with Crippen molar-refractivity contribution in [1.29, 1.82) is 0 Å². The van der Waals surface area contributed by atoms with E-state index in [9.17, 15) is 14.4 Å². The Morgan fingerprint density at radius 3 is 2.24 bits per heavy atom. The average Bonchev–Trinajstić information content (AvgIpc) is 3.07. The number of hydrogen-bond donors (Lipinski definition) is 1. The third-order valence-electron chi connectivity index (χ3n) is 3.30. The maximum Gasteiger partial charge on any atom is 0.338 e. The highest BCUT2D eigenvalue weighted by atomic mass is 16.5. The predicted octanol–water partition coefficient (Wildman–Crippen LogP) is 2.05. The summed E-state index contributed by atoms with van der Waals surface area (Å²) in [5, 5.41) is 6.73. The molecule has 2 rings (SSSR count). The van der Waals surface area contributed by atoms with E-state index in [0.29, 0.717) is 11.4 Å². The Morgan fingerprint density at radius 2 is 1.68 bits per heavy atom. The molecule has 1 heterocycles. The molecule has 8 heteroatoms. The number of aromatic nitrogens is 2. The molecule has 1 aromatic heterocycles. The van der Waals surface area contributed by atoms with Crippen LogP contribution in [0.2, 0.25) is 0 Å². The third-order valence-corrected chi connectivity index (χ3v) is 3.30. The molecule has 1 amide bonds. The molecule has 0 unspecified atom stereocenters. The minimum atomic E-state index is -0.663. The van der Waals surface area contributed by atoms with E-state index in [1.165, 1.54) is 31.4 Å². The fourth-order valence-electron chi connectivity index (χ4n) is 2.08. The number of nitrogens with one attached hydrogen (secondary N) is 1. The molecule has 25 heavy (non-hydrogen) atoms. The van der Waals surface area contributed by atoms with Crippen molar-refractivity contribution in [3.05, 3.63) is 47.7 Å². The second kappa shape index (κ2) is 8.09. The fraction of sp³-hybridized carbons (Fsp3) is 0.294. The minimum absolute atomic E-state index is 0.0844. The van der Waals surface area contributed by atoms with Crippen LogP contribution in [0.1, 0.15) is 40.6 Å². The molecule has 8 nitrogen and oxygen atoms in total. The lowest BCUT2D eigenvalue weighted by atomic mass is 10.1. The maximum absolute atomic E-state index is 11.9. The number of esters is 2. The van der Waals surface area contributed by atoms with Crippen molar-refractivity contribution in [3.63, 3.8) is 0 Å². The van der Waals surface area contributed by atoms with Crippen molar-refractivity contribution in [2.24, 2.45) is 0 Å². The summed E-state index contributed by atoms with van der Waals surface area (Å²) in [7, 11) is 1.27. The van der Waals surface area contributed by atoms with Gasteiger partial charge in [-0.1, -0.05) is 0 Å². The van der Waals surface area contributed by atoms with E-state index in [0.717, 1.165) is 0 Å². The molecule has 0 saturated carbocycles. The summed E-state index contributed by atoms with van der Waals surface area (Å²) >= 11 is 0. The van der Waals surface area contributed by atoms with E-state index in [1.807, 2.05) is 13.8 Å². The quantitative estimate of drug-likeness (QED) is 0.804. The molecule has 1 aromatic carbocycles. The minimum Gasteiger partial charge on any atom is -0.465 e. The molecule has 0 aliphatic heterocycles. The highest BCUT2D eigenvalue weighted by Gasteiger charge is 2.14. The predicted molar refractivity (Wildman–Crippen MR) is 89.3 cm³/mol. The highest BCUT2D eigenvalue weighted by molar-refractivity contribution is 5.96. The number of ether oxygens (including phenoxy) is 2. The summed E-state index contributed by atoms with van der Waals surface area (Å²) in [6.45, 7) is 3.43. The van der Waals surface area contributed by atoms with E-state index in [-0.39, 0.29) is 11.6 Å². The van der Waals surface area contributed by atoms with Gasteiger partial charge in [-0.15, -0.1) is 0 Å². The Kier molecular flexibility index (Phi) is 5.89. The van der Waals surface area contributed by atoms with Crippen LogP contribution in [0.3, 0.4) is 0 Å². The molecule has 1 N–H and O–H groups in total. The molecule has 0 radical (unpaired) electrons. The second-order valence-corrected chi connectivity index (χ2v) is 5.45. The van der Waals surface area contributed by atoms with Gasteiger partial charge >= 0.3 is 11.9 Å². The van der Waals surface area contributed by atoms with Crippen molar-refractivity contribution in [2.75, 3.05) is 19.0 Å². The van der Waals surface area contributed by atoms with E-state index >= 15 is 0 Å². The first-order chi connectivity index (χ1) is 11.9. The van der Waals surface area contributed by atoms with Crippen LogP contribution >= 0.6 is 0 Å². The van der Waals surface area contributed by atoms with Crippen molar-refractivity contribution >= 4 is 23.7 Å². The van der Waals surface area contributed by atoms with Gasteiger partial charge in [-0.3, -0.25) is 4.79 Å². The standard InChI is InChI=1S/C17H19N3O5/c1-11(2)20-14(8-9-18-20)19-15(21)10-25-17(23)13-6-4-12(5-7-13)16(22)24-3/h4-9,11H,10H2,1-3H3,(H,19,21). The molecular formula is C17H19N3O5. The van der Waals surface area contributed by atoms with Gasteiger partial charge in [0.1, 0.15) is 5.82 Å². The van der Waals surface area contributed by atoms with E-state index in [4.69, 9.17) is 4.74 Å². The van der Waals surface area contributed by atoms with Crippen LogP contribution in [0.5, 0.6) is 0 Å². The Morgan fingerprint density at radius 1 is 1.08 bits per heavy atom. The summed E-state index contributed by atoms with van der Waals surface area (Å²) in [5.41, 5.74) is 0.548. The zero-order valence-corrected chi connectivity index (χ0v) is 14.2. The number of methoxy groups -OCH3 is 1. The summed E-state index contributed by atoms with van der Waals surface area (Å²) in [5.74, 6) is -1.11. The lowest BCUT2D eigenvalue weighted by molar-refractivity contribution is -0.119. The summed E-state index contributed by atoms with van der Waals surface area (Å²) in [4.78, 5) is 35.2. The van der Waals surface area contributed by atoms with Crippen LogP contribution in [0.25, 0.3) is 0 Å². The van der Waals surface area contributed by atoms with Crippen LogP contribution in [0, 0.1) is 0 Å². The van der Waals surface area contributed by atoms with Crippen LogP contribution in [-0.2, 0) is 14.3 Å². The van der Waals surface area contributed by atoms with Gasteiger partial charge < -0.3 is 14.8 Å². The zero-order valence-electron chi connectivity index (χ0n) is 14.2. The lowest BCUT2D eigenvalue weighted by Crippen LogP contribution is -2.23. The molecule has 0 saturated heterocycles. The lowest BCUT2D eigenvalue weighted by Gasteiger charge is -2.12. The van der Waals surface area contributed by atoms with Gasteiger partial charge in [-0.05, 0) is 38.1 Å². The Balaban J connectivity index is 1.90. The Hall–Kier alpha value is -3.16. The number of amides is 1. The summed E-state index contributed by atoms with van der Waals surface area (Å²) in [6.07, 6.45) is 1.57. The number of carbonyl (C=O) groups excluding carboxylic acids is 3. The van der Waals surface area contributed by atoms with E-state index < -0.39 is 24.5 Å². The second-order valence-electron chi connectivity index (χ2n) is 5.45. The Labute approximate surface area is 144 Å². The van der Waals surface area contributed by atoms with E-state index in [2.05, 4.69) is 15.2 Å².